The largest absolute Gasteiger partial charge is 0.352 e. The molecule has 1 aliphatic carbocycles. The smallest absolute Gasteiger partial charge is 0.267 e. The van der Waals surface area contributed by atoms with E-state index in [9.17, 15) is 9.59 Å². The zero-order valence-electron chi connectivity index (χ0n) is 15.4. The molecular weight excluding hydrogens is 326 g/mol. The molecule has 2 aromatic rings. The van der Waals surface area contributed by atoms with Gasteiger partial charge in [-0.1, -0.05) is 36.8 Å². The van der Waals surface area contributed by atoms with E-state index in [0.29, 0.717) is 0 Å². The van der Waals surface area contributed by atoms with E-state index in [2.05, 4.69) is 22.5 Å². The molecule has 0 bridgehead atoms. The second-order valence-corrected chi connectivity index (χ2v) is 7.17. The van der Waals surface area contributed by atoms with Gasteiger partial charge >= 0.3 is 0 Å². The maximum atomic E-state index is 12.3. The number of nitrogens with one attached hydrogen (secondary N) is 1. The first-order valence-electron chi connectivity index (χ1n) is 9.55. The molecule has 5 heteroatoms. The minimum atomic E-state index is -0.183. The van der Waals surface area contributed by atoms with Gasteiger partial charge in [0.2, 0.25) is 5.91 Å². The van der Waals surface area contributed by atoms with Gasteiger partial charge in [0.25, 0.3) is 5.56 Å². The highest BCUT2D eigenvalue weighted by Crippen LogP contribution is 2.16. The second-order valence-electron chi connectivity index (χ2n) is 7.17. The van der Waals surface area contributed by atoms with Crippen LogP contribution in [0.2, 0.25) is 0 Å². The lowest BCUT2D eigenvalue weighted by Crippen LogP contribution is -2.38. The Labute approximate surface area is 154 Å². The zero-order chi connectivity index (χ0) is 18.4. The zero-order valence-corrected chi connectivity index (χ0v) is 15.4. The van der Waals surface area contributed by atoms with E-state index in [1.54, 1.807) is 6.07 Å². The molecule has 138 valence electrons. The van der Waals surface area contributed by atoms with Crippen LogP contribution in [0.4, 0.5) is 0 Å². The van der Waals surface area contributed by atoms with Crippen LogP contribution in [0.5, 0.6) is 0 Å². The number of hydrogen-bond acceptors (Lipinski definition) is 3. The van der Waals surface area contributed by atoms with Crippen molar-refractivity contribution in [3.63, 3.8) is 0 Å². The molecule has 0 fully saturated rings. The molecule has 0 radical (unpaired) electrons. The van der Waals surface area contributed by atoms with Crippen molar-refractivity contribution in [1.82, 2.24) is 15.1 Å². The van der Waals surface area contributed by atoms with Crippen molar-refractivity contribution in [2.24, 2.45) is 0 Å². The van der Waals surface area contributed by atoms with Crippen molar-refractivity contribution in [2.45, 2.75) is 64.5 Å². The second kappa shape index (κ2) is 8.79. The van der Waals surface area contributed by atoms with Gasteiger partial charge in [0.1, 0.15) is 6.54 Å². The number of amides is 1. The summed E-state index contributed by atoms with van der Waals surface area (Å²) in [5.41, 5.74) is 3.11. The van der Waals surface area contributed by atoms with Gasteiger partial charge in [-0.05, 0) is 56.6 Å². The number of rotatable bonds is 6. The third-order valence-electron chi connectivity index (χ3n) is 4.93. The van der Waals surface area contributed by atoms with Crippen molar-refractivity contribution in [3.05, 3.63) is 63.6 Å². The van der Waals surface area contributed by atoms with E-state index in [1.165, 1.54) is 16.7 Å². The molecule has 1 amide bonds. The Balaban J connectivity index is 1.56. The molecule has 0 saturated carbocycles. The molecule has 1 atom stereocenters. The quantitative estimate of drug-likeness (QED) is 0.812. The maximum absolute atomic E-state index is 12.3. The highest BCUT2D eigenvalue weighted by molar-refractivity contribution is 5.75. The van der Waals surface area contributed by atoms with Crippen LogP contribution in [-0.4, -0.2) is 21.7 Å². The molecule has 1 aromatic heterocycles. The lowest BCUT2D eigenvalue weighted by atomic mass is 10.1. The first-order valence-corrected chi connectivity index (χ1v) is 9.55. The van der Waals surface area contributed by atoms with Crippen molar-refractivity contribution in [2.75, 3.05) is 0 Å². The van der Waals surface area contributed by atoms with Crippen LogP contribution in [-0.2, 0) is 30.6 Å². The number of nitrogens with zero attached hydrogens (tertiary/aromatic N) is 2. The molecule has 3 rings (SSSR count). The Kier molecular flexibility index (Phi) is 6.21. The lowest BCUT2D eigenvalue weighted by molar-refractivity contribution is -0.122. The van der Waals surface area contributed by atoms with Gasteiger partial charge in [-0.2, -0.15) is 5.10 Å². The monoisotopic (exact) mass is 353 g/mol. The van der Waals surface area contributed by atoms with Gasteiger partial charge in [-0.15, -0.1) is 0 Å². The molecule has 1 heterocycles. The van der Waals surface area contributed by atoms with Gasteiger partial charge in [-0.25, -0.2) is 4.68 Å². The van der Waals surface area contributed by atoms with Crippen LogP contribution in [0.25, 0.3) is 0 Å². The molecule has 0 spiro atoms. The van der Waals surface area contributed by atoms with E-state index < -0.39 is 0 Å². The summed E-state index contributed by atoms with van der Waals surface area (Å²) >= 11 is 0. The summed E-state index contributed by atoms with van der Waals surface area (Å²) in [7, 11) is 0. The van der Waals surface area contributed by atoms with Gasteiger partial charge in [0.05, 0.1) is 5.69 Å². The number of hydrogen-bond donors (Lipinski definition) is 1. The highest BCUT2D eigenvalue weighted by atomic mass is 16.2. The van der Waals surface area contributed by atoms with Crippen LogP contribution in [0.3, 0.4) is 0 Å². The molecule has 1 aromatic carbocycles. The average Bonchev–Trinajstić information content (AvgIpc) is 2.86. The third kappa shape index (κ3) is 5.04. The van der Waals surface area contributed by atoms with Gasteiger partial charge in [0.15, 0.2) is 0 Å². The predicted molar refractivity (Wildman–Crippen MR) is 102 cm³/mol. The Bertz CT molecular complexity index is 799. The fraction of sp³-hybridized carbons (Fsp3) is 0.476. The van der Waals surface area contributed by atoms with Gasteiger partial charge in [0, 0.05) is 12.1 Å². The topological polar surface area (TPSA) is 64.0 Å². The van der Waals surface area contributed by atoms with Crippen molar-refractivity contribution in [3.8, 4) is 0 Å². The van der Waals surface area contributed by atoms with E-state index >= 15 is 0 Å². The summed E-state index contributed by atoms with van der Waals surface area (Å²) in [6.45, 7) is 1.98. The molecule has 0 aliphatic heterocycles. The molecule has 5 nitrogen and oxygen atoms in total. The lowest BCUT2D eigenvalue weighted by Gasteiger charge is -2.15. The first kappa shape index (κ1) is 18.4. The predicted octanol–water partition coefficient (Wildman–Crippen LogP) is 2.65. The van der Waals surface area contributed by atoms with E-state index in [-0.39, 0.29) is 24.1 Å². The van der Waals surface area contributed by atoms with Crippen LogP contribution in [0.1, 0.15) is 49.4 Å². The van der Waals surface area contributed by atoms with E-state index in [4.69, 9.17) is 0 Å². The highest BCUT2D eigenvalue weighted by Gasteiger charge is 2.14. The number of fused-ring (bicyclic) bond motifs is 1. The first-order chi connectivity index (χ1) is 12.6. The molecule has 1 aliphatic rings. The molecular formula is C21H27N3O2. The van der Waals surface area contributed by atoms with E-state index in [0.717, 1.165) is 49.8 Å². The minimum absolute atomic E-state index is 0.0121. The number of carbonyl (C=O) groups is 1. The molecule has 26 heavy (non-hydrogen) atoms. The maximum Gasteiger partial charge on any atom is 0.267 e. The number of benzene rings is 1. The fourth-order valence-corrected chi connectivity index (χ4v) is 3.45. The van der Waals surface area contributed by atoms with Crippen LogP contribution >= 0.6 is 0 Å². The normalized spacial score (nSPS) is 15.0. The van der Waals surface area contributed by atoms with Gasteiger partial charge in [-0.3, -0.25) is 9.59 Å². The average molecular weight is 353 g/mol. The summed E-state index contributed by atoms with van der Waals surface area (Å²) in [6.07, 6.45) is 6.97. The summed E-state index contributed by atoms with van der Waals surface area (Å²) in [6, 6.07) is 11.9. The number of aromatic nitrogens is 2. The van der Waals surface area contributed by atoms with Crippen molar-refractivity contribution in [1.29, 1.82) is 0 Å². The Morgan fingerprint density at radius 3 is 2.77 bits per heavy atom. The number of aryl methyl sites for hydroxylation is 3. The minimum Gasteiger partial charge on any atom is -0.352 e. The molecule has 0 saturated heterocycles. The summed E-state index contributed by atoms with van der Waals surface area (Å²) < 4.78 is 1.31. The summed E-state index contributed by atoms with van der Waals surface area (Å²) in [5.74, 6) is -0.159. The van der Waals surface area contributed by atoms with Crippen LogP contribution in [0.15, 0.2) is 41.2 Å². The fourth-order valence-electron chi connectivity index (χ4n) is 3.45. The van der Waals surface area contributed by atoms with Crippen molar-refractivity contribution >= 4 is 5.91 Å². The third-order valence-corrected chi connectivity index (χ3v) is 4.93. The SMILES string of the molecule is C[C@@H](CCc1ccccc1)NC(=O)Cn1nc2c(cc1=O)CCCCC2. The number of carbonyl (C=O) groups excluding carboxylic acids is 1. The molecule has 0 unspecified atom stereocenters. The van der Waals surface area contributed by atoms with Crippen LogP contribution < -0.4 is 10.9 Å². The van der Waals surface area contributed by atoms with E-state index in [1.807, 2.05) is 25.1 Å². The Hall–Kier alpha value is -2.43. The van der Waals surface area contributed by atoms with Crippen LogP contribution in [0, 0.1) is 0 Å². The standard InChI is InChI=1S/C21H27N3O2/c1-16(12-13-17-8-4-2-5-9-17)22-20(25)15-24-21(26)14-18-10-6-3-7-11-19(18)23-24/h2,4-5,8-9,14,16H,3,6-7,10-13,15H2,1H3,(H,22,25)/t16-/m0/s1. The molecule has 1 N–H and O–H groups in total. The van der Waals surface area contributed by atoms with Gasteiger partial charge < -0.3 is 5.32 Å². The Morgan fingerprint density at radius 2 is 1.96 bits per heavy atom. The summed E-state index contributed by atoms with van der Waals surface area (Å²) in [4.78, 5) is 24.6. The van der Waals surface area contributed by atoms with Crippen molar-refractivity contribution < 1.29 is 4.79 Å². The Morgan fingerprint density at radius 1 is 1.19 bits per heavy atom. The summed E-state index contributed by atoms with van der Waals surface area (Å²) in [5, 5.41) is 7.44.